The summed E-state index contributed by atoms with van der Waals surface area (Å²) in [5.41, 5.74) is 2.03. The molecule has 0 heterocycles. The zero-order chi connectivity index (χ0) is 25.5. The van der Waals surface area contributed by atoms with Crippen molar-refractivity contribution in [3.63, 3.8) is 0 Å². The molecule has 180 valence electrons. The van der Waals surface area contributed by atoms with E-state index in [1.165, 1.54) is 32.4 Å². The van der Waals surface area contributed by atoms with Crippen LogP contribution in [0.4, 0.5) is 5.69 Å². The Kier molecular flexibility index (Phi) is 7.74. The minimum atomic E-state index is -0.587. The summed E-state index contributed by atoms with van der Waals surface area (Å²) in [4.78, 5) is 12.8. The Bertz CT molecular complexity index is 1470. The lowest BCUT2D eigenvalue weighted by molar-refractivity contribution is -0.112. The molecule has 0 aliphatic carbocycles. The number of nitrogens with zero attached hydrogens (tertiary/aromatic N) is 1. The predicted molar refractivity (Wildman–Crippen MR) is 141 cm³/mol. The van der Waals surface area contributed by atoms with Crippen molar-refractivity contribution in [2.75, 3.05) is 19.5 Å². The minimum absolute atomic E-state index is 0.0737. The average Bonchev–Trinajstić information content (AvgIpc) is 2.91. The zero-order valence-corrected chi connectivity index (χ0v) is 20.5. The van der Waals surface area contributed by atoms with Crippen molar-refractivity contribution in [1.29, 1.82) is 5.26 Å². The number of amides is 1. The van der Waals surface area contributed by atoms with Gasteiger partial charge in [0.05, 0.1) is 24.9 Å². The maximum absolute atomic E-state index is 12.8. The fraction of sp³-hybridized carbons (Fsp3) is 0.103. The molecule has 6 nitrogen and oxygen atoms in total. The lowest BCUT2D eigenvalue weighted by atomic mass is 10.1. The van der Waals surface area contributed by atoms with E-state index in [0.717, 1.165) is 16.3 Å². The van der Waals surface area contributed by atoms with Crippen LogP contribution in [0.1, 0.15) is 11.1 Å². The Morgan fingerprint density at radius 1 is 0.972 bits per heavy atom. The van der Waals surface area contributed by atoms with Crippen LogP contribution in [-0.4, -0.2) is 20.1 Å². The molecule has 4 rings (SSSR count). The highest BCUT2D eigenvalue weighted by Crippen LogP contribution is 2.36. The second-order valence-corrected chi connectivity index (χ2v) is 8.21. The number of ether oxygens (including phenoxy) is 3. The molecule has 1 amide bonds. The average molecular weight is 499 g/mol. The van der Waals surface area contributed by atoms with E-state index in [9.17, 15) is 10.1 Å². The maximum atomic E-state index is 12.8. The molecular weight excluding hydrogens is 476 g/mol. The van der Waals surface area contributed by atoms with E-state index in [4.69, 9.17) is 25.8 Å². The summed E-state index contributed by atoms with van der Waals surface area (Å²) in [5.74, 6) is 0.811. The van der Waals surface area contributed by atoms with Gasteiger partial charge in [0.2, 0.25) is 0 Å². The molecule has 0 saturated carbocycles. The third kappa shape index (κ3) is 5.60. The van der Waals surface area contributed by atoms with Crippen LogP contribution in [0.25, 0.3) is 16.8 Å². The molecule has 0 unspecified atom stereocenters. The van der Waals surface area contributed by atoms with Gasteiger partial charge in [-0.15, -0.1) is 0 Å². The van der Waals surface area contributed by atoms with Gasteiger partial charge in [0.25, 0.3) is 5.91 Å². The number of anilines is 1. The third-order valence-electron chi connectivity index (χ3n) is 5.55. The van der Waals surface area contributed by atoms with Crippen LogP contribution in [0.15, 0.2) is 84.4 Å². The lowest BCUT2D eigenvalue weighted by Crippen LogP contribution is -2.14. The quantitative estimate of drug-likeness (QED) is 0.218. The van der Waals surface area contributed by atoms with Gasteiger partial charge in [0.1, 0.15) is 35.5 Å². The van der Waals surface area contributed by atoms with E-state index < -0.39 is 5.91 Å². The number of carbonyl (C=O) groups excluding carboxylic acids is 1. The van der Waals surface area contributed by atoms with Crippen molar-refractivity contribution >= 4 is 40.0 Å². The number of nitrogens with one attached hydrogen (secondary N) is 1. The molecular formula is C29H23ClN2O4. The van der Waals surface area contributed by atoms with Crippen LogP contribution in [0, 0.1) is 11.3 Å². The SMILES string of the molecule is COc1cc(NC(=O)/C(C#N)=C/c2ccc(OCc3cccc4ccccc34)cc2)c(OC)cc1Cl. The van der Waals surface area contributed by atoms with Crippen molar-refractivity contribution in [3.05, 3.63) is 101 Å². The summed E-state index contributed by atoms with van der Waals surface area (Å²) < 4.78 is 16.4. The first-order chi connectivity index (χ1) is 17.5. The monoisotopic (exact) mass is 498 g/mol. The van der Waals surface area contributed by atoms with Crippen LogP contribution in [-0.2, 0) is 11.4 Å². The van der Waals surface area contributed by atoms with E-state index in [2.05, 4.69) is 23.5 Å². The van der Waals surface area contributed by atoms with Crippen molar-refractivity contribution in [3.8, 4) is 23.3 Å². The number of hydrogen-bond acceptors (Lipinski definition) is 5. The zero-order valence-electron chi connectivity index (χ0n) is 19.7. The van der Waals surface area contributed by atoms with Crippen molar-refractivity contribution in [1.82, 2.24) is 0 Å². The van der Waals surface area contributed by atoms with Gasteiger partial charge in [-0.3, -0.25) is 4.79 Å². The number of nitriles is 1. The summed E-state index contributed by atoms with van der Waals surface area (Å²) >= 11 is 6.12. The minimum Gasteiger partial charge on any atom is -0.495 e. The fourth-order valence-corrected chi connectivity index (χ4v) is 3.93. The number of hydrogen-bond donors (Lipinski definition) is 1. The van der Waals surface area contributed by atoms with Crippen LogP contribution in [0.5, 0.6) is 17.2 Å². The number of methoxy groups -OCH3 is 2. The standard InChI is InChI=1S/C29H23ClN2O4/c1-34-27-16-26(28(35-2)15-25(27)30)32-29(33)22(17-31)14-19-10-12-23(13-11-19)36-18-21-8-5-7-20-6-3-4-9-24(20)21/h3-16H,18H2,1-2H3,(H,32,33)/b22-14+. The highest BCUT2D eigenvalue weighted by molar-refractivity contribution is 6.32. The van der Waals surface area contributed by atoms with Crippen LogP contribution < -0.4 is 19.5 Å². The van der Waals surface area contributed by atoms with Gasteiger partial charge in [-0.1, -0.05) is 66.2 Å². The molecule has 0 bridgehead atoms. The van der Waals surface area contributed by atoms with Gasteiger partial charge >= 0.3 is 0 Å². The Labute approximate surface area is 214 Å². The summed E-state index contributed by atoms with van der Waals surface area (Å²) in [6.45, 7) is 0.425. The molecule has 0 spiro atoms. The number of fused-ring (bicyclic) bond motifs is 1. The number of benzene rings is 4. The van der Waals surface area contributed by atoms with Gasteiger partial charge in [0, 0.05) is 12.1 Å². The Balaban J connectivity index is 1.46. The summed E-state index contributed by atoms with van der Waals surface area (Å²) in [5, 5.41) is 14.9. The Morgan fingerprint density at radius 3 is 2.42 bits per heavy atom. The normalized spacial score (nSPS) is 11.0. The predicted octanol–water partition coefficient (Wildman–Crippen LogP) is 6.64. The smallest absolute Gasteiger partial charge is 0.266 e. The Morgan fingerprint density at radius 2 is 1.69 bits per heavy atom. The topological polar surface area (TPSA) is 80.6 Å². The first-order valence-corrected chi connectivity index (χ1v) is 11.4. The molecule has 0 aromatic heterocycles. The van der Waals surface area contributed by atoms with E-state index in [0.29, 0.717) is 40.1 Å². The maximum Gasteiger partial charge on any atom is 0.266 e. The molecule has 0 aliphatic rings. The van der Waals surface area contributed by atoms with E-state index >= 15 is 0 Å². The largest absolute Gasteiger partial charge is 0.495 e. The number of rotatable bonds is 8. The molecule has 4 aromatic carbocycles. The van der Waals surface area contributed by atoms with Gasteiger partial charge in [-0.05, 0) is 40.1 Å². The molecule has 0 fully saturated rings. The molecule has 36 heavy (non-hydrogen) atoms. The Hall–Kier alpha value is -4.47. The summed E-state index contributed by atoms with van der Waals surface area (Å²) in [6, 6.07) is 26.5. The summed E-state index contributed by atoms with van der Waals surface area (Å²) in [6.07, 6.45) is 1.50. The van der Waals surface area contributed by atoms with E-state index in [1.54, 1.807) is 24.3 Å². The lowest BCUT2D eigenvalue weighted by Gasteiger charge is -2.13. The second-order valence-electron chi connectivity index (χ2n) is 7.81. The molecule has 0 saturated heterocycles. The van der Waals surface area contributed by atoms with Crippen LogP contribution >= 0.6 is 11.6 Å². The molecule has 0 aliphatic heterocycles. The van der Waals surface area contributed by atoms with Gasteiger partial charge in [-0.2, -0.15) is 5.26 Å². The molecule has 4 aromatic rings. The van der Waals surface area contributed by atoms with E-state index in [-0.39, 0.29) is 5.57 Å². The molecule has 0 radical (unpaired) electrons. The van der Waals surface area contributed by atoms with Gasteiger partial charge < -0.3 is 19.5 Å². The fourth-order valence-electron chi connectivity index (χ4n) is 3.70. The van der Waals surface area contributed by atoms with Crippen LogP contribution in [0.2, 0.25) is 5.02 Å². The molecule has 1 N–H and O–H groups in total. The molecule has 0 atom stereocenters. The van der Waals surface area contributed by atoms with Crippen molar-refractivity contribution < 1.29 is 19.0 Å². The van der Waals surface area contributed by atoms with Crippen molar-refractivity contribution in [2.45, 2.75) is 6.61 Å². The van der Waals surface area contributed by atoms with Gasteiger partial charge in [0.15, 0.2) is 0 Å². The van der Waals surface area contributed by atoms with E-state index in [1.807, 2.05) is 30.3 Å². The molecule has 7 heteroatoms. The number of carbonyl (C=O) groups is 1. The van der Waals surface area contributed by atoms with Crippen molar-refractivity contribution in [2.24, 2.45) is 0 Å². The number of halogens is 1. The first kappa shape index (κ1) is 24.6. The first-order valence-electron chi connectivity index (χ1n) is 11.1. The highest BCUT2D eigenvalue weighted by Gasteiger charge is 2.15. The second kappa shape index (κ2) is 11.3. The third-order valence-corrected chi connectivity index (χ3v) is 5.85. The highest BCUT2D eigenvalue weighted by atomic mass is 35.5. The summed E-state index contributed by atoms with van der Waals surface area (Å²) in [7, 11) is 2.92. The van der Waals surface area contributed by atoms with Crippen LogP contribution in [0.3, 0.4) is 0 Å². The van der Waals surface area contributed by atoms with Gasteiger partial charge in [-0.25, -0.2) is 0 Å².